The largest absolute Gasteiger partial charge is 0.493 e. The maximum Gasteiger partial charge on any atom is 0.321 e. The average molecular weight is 431 g/mol. The minimum atomic E-state index is -0.750. The van der Waals surface area contributed by atoms with Gasteiger partial charge in [-0.2, -0.15) is 0 Å². The first-order valence-electron chi connectivity index (χ1n) is 9.36. The van der Waals surface area contributed by atoms with Gasteiger partial charge in [0.2, 0.25) is 5.89 Å². The second kappa shape index (κ2) is 9.02. The topological polar surface area (TPSA) is 75.8 Å². The Morgan fingerprint density at radius 2 is 2.17 bits per heavy atom. The van der Waals surface area contributed by atoms with Crippen molar-refractivity contribution in [3.8, 4) is 16.5 Å². The molecule has 8 heteroatoms. The van der Waals surface area contributed by atoms with Crippen molar-refractivity contribution in [3.63, 3.8) is 0 Å². The molecule has 0 unspecified atom stereocenters. The van der Waals surface area contributed by atoms with Crippen LogP contribution in [-0.4, -0.2) is 45.2 Å². The lowest BCUT2D eigenvalue weighted by atomic mass is 10.2. The Balaban J connectivity index is 1.29. The van der Waals surface area contributed by atoms with Crippen LogP contribution < -0.4 is 4.74 Å². The number of carboxylic acid groups (broad SMARTS) is 1. The highest BCUT2D eigenvalue weighted by molar-refractivity contribution is 7.99. The second-order valence-corrected chi connectivity index (χ2v) is 8.79. The highest BCUT2D eigenvalue weighted by Gasteiger charge is 2.30. The Hall–Kier alpha value is -2.29. The number of benzene rings is 1. The molecule has 3 aromatic rings. The van der Waals surface area contributed by atoms with Crippen molar-refractivity contribution in [1.29, 1.82) is 0 Å². The third-order valence-electron chi connectivity index (χ3n) is 4.80. The van der Waals surface area contributed by atoms with E-state index in [4.69, 9.17) is 9.15 Å². The summed E-state index contributed by atoms with van der Waals surface area (Å²) in [6, 6.07) is 11.4. The third-order valence-corrected chi connectivity index (χ3v) is 6.72. The lowest BCUT2D eigenvalue weighted by Gasteiger charge is -2.20. The van der Waals surface area contributed by atoms with Crippen molar-refractivity contribution in [2.45, 2.75) is 25.9 Å². The molecule has 0 amide bonds. The van der Waals surface area contributed by atoms with Gasteiger partial charge >= 0.3 is 5.97 Å². The number of carbonyl (C=O) groups is 1. The summed E-state index contributed by atoms with van der Waals surface area (Å²) in [6.07, 6.45) is 0.674. The zero-order chi connectivity index (χ0) is 20.2. The van der Waals surface area contributed by atoms with E-state index in [0.29, 0.717) is 31.2 Å². The molecule has 0 spiro atoms. The van der Waals surface area contributed by atoms with Crippen molar-refractivity contribution in [2.75, 3.05) is 18.2 Å². The van der Waals surface area contributed by atoms with E-state index in [0.717, 1.165) is 33.5 Å². The molecular weight excluding hydrogens is 408 g/mol. The number of hydrogen-bond acceptors (Lipinski definition) is 7. The van der Waals surface area contributed by atoms with Crippen LogP contribution in [0.15, 0.2) is 46.2 Å². The highest BCUT2D eigenvalue weighted by Crippen LogP contribution is 2.26. The SMILES string of the molecule is Cc1oc(-c2cccs2)nc1CCOc1ccc(CN2CSC[C@H]2C(=O)O)cc1. The Kier molecular flexibility index (Phi) is 6.22. The van der Waals surface area contributed by atoms with Crippen molar-refractivity contribution in [1.82, 2.24) is 9.88 Å². The van der Waals surface area contributed by atoms with Crippen molar-refractivity contribution < 1.29 is 19.1 Å². The molecule has 6 nitrogen and oxygen atoms in total. The van der Waals surface area contributed by atoms with Gasteiger partial charge in [0.05, 0.1) is 17.2 Å². The summed E-state index contributed by atoms with van der Waals surface area (Å²) in [5.41, 5.74) is 2.00. The molecule has 1 aromatic carbocycles. The second-order valence-electron chi connectivity index (χ2n) is 6.84. The molecule has 0 saturated carbocycles. The standard InChI is InChI=1S/C21H22N2O4S2/c1-14-17(22-20(27-14)19-3-2-10-29-19)8-9-26-16-6-4-15(5-7-16)11-23-13-28-12-18(23)21(24)25/h2-7,10,18H,8-9,11-13H2,1H3,(H,24,25)/t18-/m0/s1. The van der Waals surface area contributed by atoms with Crippen LogP contribution in [0.5, 0.6) is 5.75 Å². The quantitative estimate of drug-likeness (QED) is 0.571. The highest BCUT2D eigenvalue weighted by atomic mass is 32.2. The summed E-state index contributed by atoms with van der Waals surface area (Å²) in [4.78, 5) is 18.9. The van der Waals surface area contributed by atoms with Crippen LogP contribution in [0.3, 0.4) is 0 Å². The molecule has 0 aliphatic carbocycles. The number of ether oxygens (including phenoxy) is 1. The van der Waals surface area contributed by atoms with Crippen LogP contribution >= 0.6 is 23.1 Å². The molecule has 29 heavy (non-hydrogen) atoms. The molecule has 0 bridgehead atoms. The zero-order valence-corrected chi connectivity index (χ0v) is 17.7. The first-order chi connectivity index (χ1) is 14.1. The number of oxazole rings is 1. The van der Waals surface area contributed by atoms with Crippen LogP contribution in [0.4, 0.5) is 0 Å². The summed E-state index contributed by atoms with van der Waals surface area (Å²) in [5, 5.41) is 11.3. The normalized spacial score (nSPS) is 16.9. The molecule has 1 saturated heterocycles. The lowest BCUT2D eigenvalue weighted by Crippen LogP contribution is -2.37. The molecular formula is C21H22N2O4S2. The predicted molar refractivity (Wildman–Crippen MR) is 114 cm³/mol. The van der Waals surface area contributed by atoms with Crippen LogP contribution in [0, 0.1) is 6.92 Å². The number of thiophene rings is 1. The van der Waals surface area contributed by atoms with Gasteiger partial charge in [0.25, 0.3) is 0 Å². The Morgan fingerprint density at radius 1 is 1.34 bits per heavy atom. The Labute approximate surface area is 177 Å². The molecule has 2 aromatic heterocycles. The Morgan fingerprint density at radius 3 is 2.90 bits per heavy atom. The third kappa shape index (κ3) is 4.83. The summed E-state index contributed by atoms with van der Waals surface area (Å²) >= 11 is 3.27. The summed E-state index contributed by atoms with van der Waals surface area (Å²) < 4.78 is 11.6. The van der Waals surface area contributed by atoms with Crippen molar-refractivity contribution in [3.05, 3.63) is 58.8 Å². The minimum absolute atomic E-state index is 0.402. The molecule has 3 heterocycles. The van der Waals surface area contributed by atoms with Gasteiger partial charge in [0.1, 0.15) is 17.6 Å². The van der Waals surface area contributed by atoms with Gasteiger partial charge in [-0.05, 0) is 36.1 Å². The van der Waals surface area contributed by atoms with Crippen LogP contribution in [-0.2, 0) is 17.8 Å². The number of aromatic nitrogens is 1. The van der Waals surface area contributed by atoms with Crippen molar-refractivity contribution >= 4 is 29.1 Å². The van der Waals surface area contributed by atoms with Gasteiger partial charge in [-0.3, -0.25) is 9.69 Å². The molecule has 152 valence electrons. The van der Waals surface area contributed by atoms with E-state index in [1.54, 1.807) is 23.1 Å². The fourth-order valence-electron chi connectivity index (χ4n) is 3.22. The minimum Gasteiger partial charge on any atom is -0.493 e. The molecule has 1 atom stereocenters. The first kappa shape index (κ1) is 20.0. The molecule has 1 aliphatic heterocycles. The van der Waals surface area contributed by atoms with Crippen LogP contribution in [0.1, 0.15) is 17.0 Å². The van der Waals surface area contributed by atoms with Crippen molar-refractivity contribution in [2.24, 2.45) is 0 Å². The predicted octanol–water partition coefficient (Wildman–Crippen LogP) is 4.29. The van der Waals surface area contributed by atoms with Gasteiger partial charge in [-0.25, -0.2) is 4.98 Å². The number of nitrogens with zero attached hydrogens (tertiary/aromatic N) is 2. The average Bonchev–Trinajstić information content (AvgIpc) is 3.45. The monoisotopic (exact) mass is 430 g/mol. The summed E-state index contributed by atoms with van der Waals surface area (Å²) in [6.45, 7) is 3.07. The van der Waals surface area contributed by atoms with Crippen LogP contribution in [0.2, 0.25) is 0 Å². The van der Waals surface area contributed by atoms with Gasteiger partial charge < -0.3 is 14.3 Å². The smallest absolute Gasteiger partial charge is 0.321 e. The van der Waals surface area contributed by atoms with E-state index in [1.165, 1.54) is 0 Å². The maximum atomic E-state index is 11.3. The van der Waals surface area contributed by atoms with Gasteiger partial charge in [-0.15, -0.1) is 23.1 Å². The molecule has 1 aliphatic rings. The summed E-state index contributed by atoms with van der Waals surface area (Å²) in [5.74, 6) is 2.92. The molecule has 1 N–H and O–H groups in total. The van der Waals surface area contributed by atoms with Crippen LogP contribution in [0.25, 0.3) is 10.8 Å². The van der Waals surface area contributed by atoms with Gasteiger partial charge in [0.15, 0.2) is 0 Å². The van der Waals surface area contributed by atoms with E-state index < -0.39 is 12.0 Å². The fraction of sp³-hybridized carbons (Fsp3) is 0.333. The van der Waals surface area contributed by atoms with E-state index in [1.807, 2.05) is 53.6 Å². The lowest BCUT2D eigenvalue weighted by molar-refractivity contribution is -0.141. The Bertz CT molecular complexity index is 954. The molecule has 1 fully saturated rings. The van der Waals surface area contributed by atoms with Gasteiger partial charge in [-0.1, -0.05) is 18.2 Å². The summed E-state index contributed by atoms with van der Waals surface area (Å²) in [7, 11) is 0. The number of aryl methyl sites for hydroxylation is 1. The molecule has 4 rings (SSSR count). The van der Waals surface area contributed by atoms with E-state index in [9.17, 15) is 9.90 Å². The number of carboxylic acids is 1. The molecule has 0 radical (unpaired) electrons. The first-order valence-corrected chi connectivity index (χ1v) is 11.4. The number of aliphatic carboxylic acids is 1. The number of hydrogen-bond donors (Lipinski definition) is 1. The maximum absolute atomic E-state index is 11.3. The van der Waals surface area contributed by atoms with E-state index in [-0.39, 0.29) is 0 Å². The number of thioether (sulfide) groups is 1. The van der Waals surface area contributed by atoms with Gasteiger partial charge in [0, 0.05) is 24.6 Å². The van der Waals surface area contributed by atoms with E-state index in [2.05, 4.69) is 4.98 Å². The fourth-order valence-corrected chi connectivity index (χ4v) is 5.05. The number of rotatable bonds is 8. The van der Waals surface area contributed by atoms with E-state index >= 15 is 0 Å². The zero-order valence-electron chi connectivity index (χ0n) is 16.0.